The first-order chi connectivity index (χ1) is 8.15. The number of aryl methyl sites for hydroxylation is 1. The highest BCUT2D eigenvalue weighted by Crippen LogP contribution is 2.22. The molecule has 1 aromatic heterocycles. The molecule has 17 heavy (non-hydrogen) atoms. The molecule has 0 aliphatic carbocycles. The summed E-state index contributed by atoms with van der Waals surface area (Å²) in [5.74, 6) is 1.91. The number of rotatable bonds is 4. The van der Waals surface area contributed by atoms with Crippen LogP contribution >= 0.6 is 11.6 Å². The zero-order chi connectivity index (χ0) is 12.3. The molecule has 0 bridgehead atoms. The molecule has 0 unspecified atom stereocenters. The molecule has 0 aliphatic rings. The monoisotopic (exact) mass is 250 g/mol. The number of nitrogen functional groups attached to an aromatic ring is 1. The van der Waals surface area contributed by atoms with Crippen LogP contribution in [0.2, 0.25) is 5.02 Å². The number of benzene rings is 1. The molecular weight excluding hydrogens is 236 g/mol. The summed E-state index contributed by atoms with van der Waals surface area (Å²) in [6.45, 7) is 2.72. The van der Waals surface area contributed by atoms with Crippen LogP contribution in [-0.2, 0) is 6.42 Å². The van der Waals surface area contributed by atoms with Gasteiger partial charge in [-0.25, -0.2) is 0 Å². The van der Waals surface area contributed by atoms with E-state index in [-0.39, 0.29) is 0 Å². The van der Waals surface area contributed by atoms with E-state index in [0.717, 1.165) is 30.2 Å². The van der Waals surface area contributed by atoms with Crippen LogP contribution in [0.4, 0.5) is 11.4 Å². The maximum Gasteiger partial charge on any atom is 0.105 e. The molecule has 0 saturated carbocycles. The molecule has 1 heterocycles. The Hall–Kier alpha value is -1.61. The summed E-state index contributed by atoms with van der Waals surface area (Å²) in [7, 11) is 0. The fraction of sp³-hybridized carbons (Fsp3) is 0.231. The SMILES string of the molecule is Cc1ccc(CCNc2ccc(Cl)cc2N)o1. The number of hydrogen-bond acceptors (Lipinski definition) is 3. The van der Waals surface area contributed by atoms with Crippen LogP contribution < -0.4 is 11.1 Å². The van der Waals surface area contributed by atoms with Crippen LogP contribution in [0.5, 0.6) is 0 Å². The summed E-state index contributed by atoms with van der Waals surface area (Å²) in [5.41, 5.74) is 7.40. The van der Waals surface area contributed by atoms with Gasteiger partial charge in [-0.3, -0.25) is 0 Å². The van der Waals surface area contributed by atoms with Crippen molar-refractivity contribution in [2.75, 3.05) is 17.6 Å². The lowest BCUT2D eigenvalue weighted by atomic mass is 10.2. The summed E-state index contributed by atoms with van der Waals surface area (Å²) in [4.78, 5) is 0. The van der Waals surface area contributed by atoms with Crippen molar-refractivity contribution in [3.63, 3.8) is 0 Å². The van der Waals surface area contributed by atoms with Gasteiger partial charge in [-0.2, -0.15) is 0 Å². The van der Waals surface area contributed by atoms with E-state index < -0.39 is 0 Å². The largest absolute Gasteiger partial charge is 0.466 e. The van der Waals surface area contributed by atoms with Gasteiger partial charge in [0.1, 0.15) is 11.5 Å². The third-order valence-corrected chi connectivity index (χ3v) is 2.73. The van der Waals surface area contributed by atoms with Crippen LogP contribution in [-0.4, -0.2) is 6.54 Å². The number of nitrogens with one attached hydrogen (secondary N) is 1. The van der Waals surface area contributed by atoms with Crippen molar-refractivity contribution in [3.8, 4) is 0 Å². The molecule has 0 atom stereocenters. The van der Waals surface area contributed by atoms with Crippen LogP contribution in [0.3, 0.4) is 0 Å². The maximum atomic E-state index is 5.83. The average Bonchev–Trinajstić information content (AvgIpc) is 2.68. The third-order valence-electron chi connectivity index (χ3n) is 2.50. The minimum Gasteiger partial charge on any atom is -0.466 e. The molecular formula is C13H15ClN2O. The van der Waals surface area contributed by atoms with E-state index in [4.69, 9.17) is 21.8 Å². The van der Waals surface area contributed by atoms with Gasteiger partial charge in [-0.05, 0) is 37.3 Å². The van der Waals surface area contributed by atoms with Gasteiger partial charge in [-0.1, -0.05) is 11.6 Å². The van der Waals surface area contributed by atoms with Crippen molar-refractivity contribution in [2.45, 2.75) is 13.3 Å². The summed E-state index contributed by atoms with van der Waals surface area (Å²) >= 11 is 5.83. The van der Waals surface area contributed by atoms with Gasteiger partial charge in [0.25, 0.3) is 0 Å². The fourth-order valence-corrected chi connectivity index (χ4v) is 1.81. The minimum absolute atomic E-state index is 0.648. The number of anilines is 2. The van der Waals surface area contributed by atoms with Gasteiger partial charge in [-0.15, -0.1) is 0 Å². The molecule has 0 saturated heterocycles. The highest BCUT2D eigenvalue weighted by atomic mass is 35.5. The van der Waals surface area contributed by atoms with E-state index in [2.05, 4.69) is 5.32 Å². The second kappa shape index (κ2) is 5.15. The maximum absolute atomic E-state index is 5.83. The van der Waals surface area contributed by atoms with Gasteiger partial charge in [0.05, 0.1) is 11.4 Å². The van der Waals surface area contributed by atoms with Gasteiger partial charge in [0.2, 0.25) is 0 Å². The topological polar surface area (TPSA) is 51.2 Å². The summed E-state index contributed by atoms with van der Waals surface area (Å²) < 4.78 is 5.48. The van der Waals surface area contributed by atoms with Crippen molar-refractivity contribution in [1.29, 1.82) is 0 Å². The molecule has 2 rings (SSSR count). The van der Waals surface area contributed by atoms with Crippen molar-refractivity contribution < 1.29 is 4.42 Å². The fourth-order valence-electron chi connectivity index (χ4n) is 1.63. The Morgan fingerprint density at radius 1 is 1.29 bits per heavy atom. The van der Waals surface area contributed by atoms with E-state index in [1.54, 1.807) is 6.07 Å². The Balaban J connectivity index is 1.90. The second-order valence-corrected chi connectivity index (χ2v) is 4.36. The van der Waals surface area contributed by atoms with E-state index in [1.165, 1.54) is 0 Å². The normalized spacial score (nSPS) is 10.5. The zero-order valence-electron chi connectivity index (χ0n) is 9.66. The van der Waals surface area contributed by atoms with Gasteiger partial charge >= 0.3 is 0 Å². The first-order valence-corrected chi connectivity index (χ1v) is 5.87. The van der Waals surface area contributed by atoms with Crippen LogP contribution in [0.25, 0.3) is 0 Å². The highest BCUT2D eigenvalue weighted by molar-refractivity contribution is 6.31. The minimum atomic E-state index is 0.648. The van der Waals surface area contributed by atoms with E-state index in [1.807, 2.05) is 31.2 Å². The molecule has 90 valence electrons. The van der Waals surface area contributed by atoms with Crippen molar-refractivity contribution in [1.82, 2.24) is 0 Å². The summed E-state index contributed by atoms with van der Waals surface area (Å²) in [6.07, 6.45) is 0.829. The number of nitrogens with two attached hydrogens (primary N) is 1. The number of furan rings is 1. The lowest BCUT2D eigenvalue weighted by Gasteiger charge is -2.08. The first kappa shape index (κ1) is 11.9. The zero-order valence-corrected chi connectivity index (χ0v) is 10.4. The van der Waals surface area contributed by atoms with E-state index in [9.17, 15) is 0 Å². The quantitative estimate of drug-likeness (QED) is 0.817. The first-order valence-electron chi connectivity index (χ1n) is 5.49. The smallest absolute Gasteiger partial charge is 0.105 e. The lowest BCUT2D eigenvalue weighted by molar-refractivity contribution is 0.486. The molecule has 0 spiro atoms. The molecule has 2 aromatic rings. The van der Waals surface area contributed by atoms with Crippen LogP contribution in [0.15, 0.2) is 34.7 Å². The van der Waals surface area contributed by atoms with Crippen molar-refractivity contribution in [2.24, 2.45) is 0 Å². The molecule has 0 radical (unpaired) electrons. The Morgan fingerprint density at radius 3 is 2.76 bits per heavy atom. The van der Waals surface area contributed by atoms with Gasteiger partial charge in [0, 0.05) is 18.0 Å². The van der Waals surface area contributed by atoms with E-state index in [0.29, 0.717) is 10.7 Å². The van der Waals surface area contributed by atoms with E-state index >= 15 is 0 Å². The van der Waals surface area contributed by atoms with Gasteiger partial charge < -0.3 is 15.5 Å². The molecule has 3 N–H and O–H groups in total. The predicted molar refractivity (Wildman–Crippen MR) is 71.5 cm³/mol. The molecule has 0 aliphatic heterocycles. The Labute approximate surface area is 106 Å². The van der Waals surface area contributed by atoms with Crippen LogP contribution in [0.1, 0.15) is 11.5 Å². The predicted octanol–water partition coefficient (Wildman–Crippen LogP) is 3.48. The molecule has 0 amide bonds. The number of hydrogen-bond donors (Lipinski definition) is 2. The van der Waals surface area contributed by atoms with Gasteiger partial charge in [0.15, 0.2) is 0 Å². The molecule has 1 aromatic carbocycles. The number of halogens is 1. The van der Waals surface area contributed by atoms with Crippen LogP contribution in [0, 0.1) is 6.92 Å². The molecule has 4 heteroatoms. The second-order valence-electron chi connectivity index (χ2n) is 3.92. The summed E-state index contributed by atoms with van der Waals surface area (Å²) in [5, 5.41) is 3.90. The lowest BCUT2D eigenvalue weighted by Crippen LogP contribution is -2.06. The third kappa shape index (κ3) is 3.17. The molecule has 0 fully saturated rings. The standard InChI is InChI=1S/C13H15ClN2O/c1-9-2-4-11(17-9)6-7-16-13-5-3-10(14)8-12(13)15/h2-5,8,16H,6-7,15H2,1H3. The van der Waals surface area contributed by atoms with Crippen molar-refractivity contribution in [3.05, 3.63) is 46.9 Å². The Kier molecular flexibility index (Phi) is 3.59. The summed E-state index contributed by atoms with van der Waals surface area (Å²) in [6, 6.07) is 9.39. The van der Waals surface area contributed by atoms with Crippen molar-refractivity contribution >= 4 is 23.0 Å². The Morgan fingerprint density at radius 2 is 2.12 bits per heavy atom. The Bertz CT molecular complexity index is 508. The average molecular weight is 251 g/mol. The highest BCUT2D eigenvalue weighted by Gasteiger charge is 2.01. The molecule has 3 nitrogen and oxygen atoms in total.